The van der Waals surface area contributed by atoms with Crippen LogP contribution in [-0.2, 0) is 14.3 Å². The van der Waals surface area contributed by atoms with Crippen molar-refractivity contribution in [2.45, 2.75) is 38.4 Å². The Morgan fingerprint density at radius 2 is 1.79 bits per heavy atom. The van der Waals surface area contributed by atoms with Gasteiger partial charge in [0.1, 0.15) is 0 Å². The lowest BCUT2D eigenvalue weighted by atomic mass is 9.78. The van der Waals surface area contributed by atoms with Crippen molar-refractivity contribution in [1.29, 1.82) is 5.41 Å². The Bertz CT molecular complexity index is 552. The summed E-state index contributed by atoms with van der Waals surface area (Å²) in [5, 5.41) is 35.9. The second-order valence-electron chi connectivity index (χ2n) is 7.60. The molecule has 2 amide bonds. The van der Waals surface area contributed by atoms with Crippen LogP contribution in [0.25, 0.3) is 0 Å². The first-order valence-corrected chi connectivity index (χ1v) is 9.85. The van der Waals surface area contributed by atoms with Crippen LogP contribution in [0.5, 0.6) is 0 Å². The maximum atomic E-state index is 12.5. The van der Waals surface area contributed by atoms with E-state index in [0.29, 0.717) is 32.1 Å². The van der Waals surface area contributed by atoms with Gasteiger partial charge in [0.05, 0.1) is 19.0 Å². The molecule has 0 saturated carbocycles. The van der Waals surface area contributed by atoms with Gasteiger partial charge in [-0.05, 0) is 44.7 Å². The van der Waals surface area contributed by atoms with Gasteiger partial charge in [0.15, 0.2) is 12.2 Å². The van der Waals surface area contributed by atoms with Crippen LogP contribution in [0.2, 0.25) is 0 Å². The summed E-state index contributed by atoms with van der Waals surface area (Å²) in [5.41, 5.74) is 0.0936. The molecule has 10 nitrogen and oxygen atoms in total. The van der Waals surface area contributed by atoms with Crippen LogP contribution in [-0.4, -0.2) is 97.5 Å². The van der Waals surface area contributed by atoms with Crippen molar-refractivity contribution in [3.8, 4) is 0 Å². The van der Waals surface area contributed by atoms with Crippen molar-refractivity contribution >= 4 is 17.6 Å². The third kappa shape index (κ3) is 6.40. The monoisotopic (exact) mass is 399 g/mol. The van der Waals surface area contributed by atoms with Gasteiger partial charge in [-0.2, -0.15) is 0 Å². The first-order chi connectivity index (χ1) is 13.3. The van der Waals surface area contributed by atoms with Gasteiger partial charge in [-0.3, -0.25) is 15.0 Å². The standard InChI is InChI=1S/C18H33N5O5/c1-13(19)21-7-10-28-11-8-22-16(26)14(24)15(25)17(27)23-9-4-18(12-23)2-5-20-6-3-18/h14-15,20,24-25H,2-12H2,1H3,(H2,19,21)(H,22,26)/t14-,15-/m1/s1. The Kier molecular flexibility index (Phi) is 8.61. The Balaban J connectivity index is 1.68. The van der Waals surface area contributed by atoms with E-state index in [9.17, 15) is 19.8 Å². The van der Waals surface area contributed by atoms with E-state index in [1.807, 2.05) is 0 Å². The summed E-state index contributed by atoms with van der Waals surface area (Å²) in [7, 11) is 0. The summed E-state index contributed by atoms with van der Waals surface area (Å²) in [6.45, 7) is 5.84. The molecule has 2 saturated heterocycles. The molecule has 2 atom stereocenters. The van der Waals surface area contributed by atoms with E-state index in [4.69, 9.17) is 10.1 Å². The Hall–Kier alpha value is -1.75. The van der Waals surface area contributed by atoms with Gasteiger partial charge >= 0.3 is 0 Å². The molecule has 6 N–H and O–H groups in total. The van der Waals surface area contributed by atoms with Gasteiger partial charge in [0.2, 0.25) is 0 Å². The van der Waals surface area contributed by atoms with E-state index in [-0.39, 0.29) is 18.6 Å². The highest BCUT2D eigenvalue weighted by atomic mass is 16.5. The van der Waals surface area contributed by atoms with Gasteiger partial charge in [0.25, 0.3) is 11.8 Å². The van der Waals surface area contributed by atoms with Crippen molar-refractivity contribution in [2.24, 2.45) is 5.41 Å². The molecule has 2 aliphatic heterocycles. The summed E-state index contributed by atoms with van der Waals surface area (Å²) in [4.78, 5) is 26.0. The molecule has 2 aliphatic rings. The molecule has 2 fully saturated rings. The number of likely N-dealkylation sites (tertiary alicyclic amines) is 1. The fraction of sp³-hybridized carbons (Fsp3) is 0.833. The molecule has 2 heterocycles. The Labute approximate surface area is 165 Å². The molecule has 0 radical (unpaired) electrons. The summed E-state index contributed by atoms with van der Waals surface area (Å²) in [6, 6.07) is 0. The van der Waals surface area contributed by atoms with Crippen LogP contribution in [0.15, 0.2) is 0 Å². The number of piperidine rings is 1. The maximum absolute atomic E-state index is 12.5. The van der Waals surface area contributed by atoms with Gasteiger partial charge < -0.3 is 35.8 Å². The molecule has 0 aromatic carbocycles. The van der Waals surface area contributed by atoms with E-state index in [2.05, 4.69) is 16.0 Å². The zero-order valence-electron chi connectivity index (χ0n) is 16.5. The van der Waals surface area contributed by atoms with Gasteiger partial charge in [-0.25, -0.2) is 0 Å². The fourth-order valence-electron chi connectivity index (χ4n) is 3.72. The van der Waals surface area contributed by atoms with Crippen LogP contribution in [0.1, 0.15) is 26.2 Å². The highest BCUT2D eigenvalue weighted by Gasteiger charge is 2.43. The van der Waals surface area contributed by atoms with Crippen molar-refractivity contribution in [1.82, 2.24) is 20.9 Å². The molecule has 28 heavy (non-hydrogen) atoms. The SMILES string of the molecule is CC(=N)NCCOCCNC(=O)[C@H](O)[C@@H](O)C(=O)N1CCC2(CCNCC2)C1. The van der Waals surface area contributed by atoms with Crippen molar-refractivity contribution < 1.29 is 24.5 Å². The van der Waals surface area contributed by atoms with Gasteiger partial charge in [-0.1, -0.05) is 0 Å². The summed E-state index contributed by atoms with van der Waals surface area (Å²) >= 11 is 0. The Morgan fingerprint density at radius 1 is 1.14 bits per heavy atom. The number of nitrogens with one attached hydrogen (secondary N) is 4. The molecule has 0 aliphatic carbocycles. The highest BCUT2D eigenvalue weighted by molar-refractivity contribution is 5.90. The maximum Gasteiger partial charge on any atom is 0.254 e. The Morgan fingerprint density at radius 3 is 2.43 bits per heavy atom. The molecule has 10 heteroatoms. The summed E-state index contributed by atoms with van der Waals surface area (Å²) in [6.07, 6.45) is -0.703. The smallest absolute Gasteiger partial charge is 0.254 e. The van der Waals surface area contributed by atoms with Crippen molar-refractivity contribution in [3.63, 3.8) is 0 Å². The second-order valence-corrected chi connectivity index (χ2v) is 7.60. The second kappa shape index (κ2) is 10.7. The zero-order valence-corrected chi connectivity index (χ0v) is 16.5. The number of carbonyl (C=O) groups is 2. The lowest BCUT2D eigenvalue weighted by Crippen LogP contribution is -2.51. The fourth-order valence-corrected chi connectivity index (χ4v) is 3.72. The number of aliphatic hydroxyl groups is 2. The number of hydrogen-bond acceptors (Lipinski definition) is 7. The number of rotatable bonds is 9. The van der Waals surface area contributed by atoms with Crippen LogP contribution in [0, 0.1) is 10.8 Å². The van der Waals surface area contributed by atoms with Crippen LogP contribution in [0.4, 0.5) is 0 Å². The highest BCUT2D eigenvalue weighted by Crippen LogP contribution is 2.38. The van der Waals surface area contributed by atoms with Gasteiger partial charge in [-0.15, -0.1) is 0 Å². The number of hydrogen-bond donors (Lipinski definition) is 6. The summed E-state index contributed by atoms with van der Waals surface area (Å²) in [5.74, 6) is -1.04. The molecular formula is C18H33N5O5. The lowest BCUT2D eigenvalue weighted by molar-refractivity contribution is -0.152. The predicted octanol–water partition coefficient (Wildman–Crippen LogP) is -1.97. The van der Waals surface area contributed by atoms with E-state index >= 15 is 0 Å². The van der Waals surface area contributed by atoms with E-state index < -0.39 is 24.0 Å². The van der Waals surface area contributed by atoms with E-state index in [1.54, 1.807) is 11.8 Å². The predicted molar refractivity (Wildman–Crippen MR) is 103 cm³/mol. The molecule has 2 rings (SSSR count). The summed E-state index contributed by atoms with van der Waals surface area (Å²) < 4.78 is 5.27. The number of ether oxygens (including phenoxy) is 1. The normalized spacial score (nSPS) is 20.6. The molecule has 0 aromatic heterocycles. The van der Waals surface area contributed by atoms with Crippen molar-refractivity contribution in [3.05, 3.63) is 0 Å². The minimum Gasteiger partial charge on any atom is -0.380 e. The average Bonchev–Trinajstić information content (AvgIpc) is 3.08. The van der Waals surface area contributed by atoms with Crippen LogP contribution >= 0.6 is 0 Å². The first-order valence-electron chi connectivity index (χ1n) is 9.85. The molecule has 1 spiro atoms. The molecule has 0 bridgehead atoms. The third-order valence-corrected chi connectivity index (χ3v) is 5.42. The number of nitrogens with zero attached hydrogens (tertiary/aromatic N) is 1. The molecule has 160 valence electrons. The average molecular weight is 399 g/mol. The molecular weight excluding hydrogens is 366 g/mol. The zero-order chi connectivity index (χ0) is 20.6. The molecule has 0 unspecified atom stereocenters. The number of carbonyl (C=O) groups excluding carboxylic acids is 2. The van der Waals surface area contributed by atoms with Crippen LogP contribution < -0.4 is 16.0 Å². The van der Waals surface area contributed by atoms with Crippen molar-refractivity contribution in [2.75, 3.05) is 52.5 Å². The topological polar surface area (TPSA) is 147 Å². The largest absolute Gasteiger partial charge is 0.380 e. The van der Waals surface area contributed by atoms with E-state index in [1.165, 1.54) is 0 Å². The lowest BCUT2D eigenvalue weighted by Gasteiger charge is -2.34. The number of aliphatic hydroxyl groups excluding tert-OH is 2. The quantitative estimate of drug-likeness (QED) is 0.150. The minimum atomic E-state index is -1.81. The van der Waals surface area contributed by atoms with E-state index in [0.717, 1.165) is 32.4 Å². The number of amidine groups is 1. The number of amides is 2. The first kappa shape index (κ1) is 22.5. The van der Waals surface area contributed by atoms with Crippen LogP contribution in [0.3, 0.4) is 0 Å². The molecule has 0 aromatic rings. The third-order valence-electron chi connectivity index (χ3n) is 5.42. The minimum absolute atomic E-state index is 0.0936. The van der Waals surface area contributed by atoms with Gasteiger partial charge in [0, 0.05) is 26.2 Å².